The third-order valence-corrected chi connectivity index (χ3v) is 6.59. The summed E-state index contributed by atoms with van der Waals surface area (Å²) in [4.78, 5) is 0. The van der Waals surface area contributed by atoms with Crippen molar-refractivity contribution in [3.63, 3.8) is 0 Å². The second-order valence-corrected chi connectivity index (χ2v) is 7.19. The van der Waals surface area contributed by atoms with Crippen LogP contribution in [0, 0.1) is 22.2 Å². The molecule has 1 heteroatoms. The van der Waals surface area contributed by atoms with Gasteiger partial charge in [-0.25, -0.2) is 0 Å². The Labute approximate surface area is 98.9 Å². The molecule has 0 unspecified atom stereocenters. The monoisotopic (exact) mass is 220 g/mol. The molecule has 0 radical (unpaired) electrons. The number of hydrogen-bond donors (Lipinski definition) is 1. The second kappa shape index (κ2) is 2.75. The molecule has 3 aliphatic carbocycles. The normalized spacial score (nSPS) is 54.1. The van der Waals surface area contributed by atoms with Crippen molar-refractivity contribution in [2.24, 2.45) is 22.2 Å². The van der Waals surface area contributed by atoms with Crippen LogP contribution in [-0.4, -0.2) is 11.2 Å². The number of hydrogen-bond acceptors (Lipinski definition) is 1. The van der Waals surface area contributed by atoms with Crippen molar-refractivity contribution in [3.05, 3.63) is 12.2 Å². The molecule has 90 valence electrons. The summed E-state index contributed by atoms with van der Waals surface area (Å²) in [5.74, 6) is 0.585. The second-order valence-electron chi connectivity index (χ2n) is 7.19. The van der Waals surface area contributed by atoms with E-state index >= 15 is 0 Å². The Bertz CT molecular complexity index is 356. The van der Waals surface area contributed by atoms with Gasteiger partial charge in [0.1, 0.15) is 0 Å². The highest BCUT2D eigenvalue weighted by Crippen LogP contribution is 2.77. The molecule has 3 aliphatic rings. The molecular formula is C15H24O. The van der Waals surface area contributed by atoms with Crippen molar-refractivity contribution in [3.8, 4) is 0 Å². The summed E-state index contributed by atoms with van der Waals surface area (Å²) < 4.78 is 0. The van der Waals surface area contributed by atoms with Gasteiger partial charge in [0.05, 0.1) is 6.10 Å². The van der Waals surface area contributed by atoms with E-state index in [1.165, 1.54) is 32.1 Å². The van der Waals surface area contributed by atoms with Gasteiger partial charge >= 0.3 is 0 Å². The van der Waals surface area contributed by atoms with Crippen LogP contribution in [0.4, 0.5) is 0 Å². The highest BCUT2D eigenvalue weighted by molar-refractivity contribution is 5.34. The maximum atomic E-state index is 10.7. The Morgan fingerprint density at radius 2 is 1.88 bits per heavy atom. The first kappa shape index (κ1) is 10.8. The van der Waals surface area contributed by atoms with E-state index in [0.29, 0.717) is 11.3 Å². The number of rotatable bonds is 0. The fourth-order valence-electron chi connectivity index (χ4n) is 5.84. The maximum absolute atomic E-state index is 10.7. The van der Waals surface area contributed by atoms with Crippen LogP contribution in [0.3, 0.4) is 0 Å². The van der Waals surface area contributed by atoms with Crippen molar-refractivity contribution in [1.29, 1.82) is 0 Å². The summed E-state index contributed by atoms with van der Waals surface area (Å²) in [6.07, 6.45) is 6.10. The van der Waals surface area contributed by atoms with Gasteiger partial charge in [-0.15, -0.1) is 0 Å². The number of aliphatic hydroxyl groups is 1. The molecule has 3 fully saturated rings. The van der Waals surface area contributed by atoms with E-state index in [2.05, 4.69) is 27.4 Å². The van der Waals surface area contributed by atoms with Crippen LogP contribution < -0.4 is 0 Å². The van der Waals surface area contributed by atoms with E-state index in [0.717, 1.165) is 5.57 Å². The molecule has 0 saturated heterocycles. The molecule has 0 aromatic heterocycles. The first-order valence-electron chi connectivity index (χ1n) is 6.74. The Hall–Kier alpha value is -0.300. The third-order valence-electron chi connectivity index (χ3n) is 6.59. The molecule has 3 rings (SSSR count). The van der Waals surface area contributed by atoms with Gasteiger partial charge in [-0.1, -0.05) is 33.8 Å². The molecule has 0 aromatic rings. The van der Waals surface area contributed by atoms with Crippen LogP contribution in [0.15, 0.2) is 12.2 Å². The zero-order valence-corrected chi connectivity index (χ0v) is 10.8. The standard InChI is InChI=1S/C15H24O/c1-10-11-6-9-15(12(10)16)13(2,3)7-5-8-14(11,15)4/h11-12,16H,1,5-9H2,2-4H3/t11-,12+,14-,15-/m0/s1. The van der Waals surface area contributed by atoms with Crippen molar-refractivity contribution in [2.45, 2.75) is 59.0 Å². The molecule has 1 nitrogen and oxygen atoms in total. The van der Waals surface area contributed by atoms with E-state index in [1.807, 2.05) is 0 Å². The Kier molecular flexibility index (Phi) is 1.86. The Balaban J connectivity index is 2.21. The summed E-state index contributed by atoms with van der Waals surface area (Å²) in [5, 5.41) is 10.7. The average molecular weight is 220 g/mol. The molecular weight excluding hydrogens is 196 g/mol. The summed E-state index contributed by atoms with van der Waals surface area (Å²) in [5.41, 5.74) is 1.86. The molecule has 0 amide bonds. The molecule has 3 saturated carbocycles. The van der Waals surface area contributed by atoms with Crippen LogP contribution in [-0.2, 0) is 0 Å². The van der Waals surface area contributed by atoms with Crippen LogP contribution in [0.2, 0.25) is 0 Å². The highest BCUT2D eigenvalue weighted by Gasteiger charge is 2.73. The van der Waals surface area contributed by atoms with Gasteiger partial charge < -0.3 is 5.11 Å². The smallest absolute Gasteiger partial charge is 0.0817 e. The van der Waals surface area contributed by atoms with Crippen LogP contribution in [0.1, 0.15) is 52.9 Å². The minimum absolute atomic E-state index is 0.125. The van der Waals surface area contributed by atoms with Crippen molar-refractivity contribution in [1.82, 2.24) is 0 Å². The van der Waals surface area contributed by atoms with Crippen LogP contribution in [0.25, 0.3) is 0 Å². The average Bonchev–Trinajstić information content (AvgIpc) is 2.57. The quantitative estimate of drug-likeness (QED) is 0.619. The van der Waals surface area contributed by atoms with Gasteiger partial charge in [-0.3, -0.25) is 0 Å². The van der Waals surface area contributed by atoms with E-state index in [-0.39, 0.29) is 16.9 Å². The minimum Gasteiger partial charge on any atom is -0.388 e. The molecule has 0 aliphatic heterocycles. The largest absolute Gasteiger partial charge is 0.388 e. The lowest BCUT2D eigenvalue weighted by molar-refractivity contribution is -0.124. The molecule has 1 N–H and O–H groups in total. The van der Waals surface area contributed by atoms with Gasteiger partial charge in [0.2, 0.25) is 0 Å². The van der Waals surface area contributed by atoms with Crippen molar-refractivity contribution in [2.75, 3.05) is 0 Å². The summed E-state index contributed by atoms with van der Waals surface area (Å²) in [6, 6.07) is 0. The molecule has 0 spiro atoms. The summed E-state index contributed by atoms with van der Waals surface area (Å²) in [6.45, 7) is 11.4. The first-order valence-corrected chi connectivity index (χ1v) is 6.74. The van der Waals surface area contributed by atoms with Crippen molar-refractivity contribution < 1.29 is 5.11 Å². The first-order chi connectivity index (χ1) is 7.37. The van der Waals surface area contributed by atoms with Gasteiger partial charge in [0.25, 0.3) is 0 Å². The lowest BCUT2D eigenvalue weighted by atomic mass is 9.48. The van der Waals surface area contributed by atoms with Gasteiger partial charge in [-0.05, 0) is 48.0 Å². The summed E-state index contributed by atoms with van der Waals surface area (Å²) >= 11 is 0. The lowest BCUT2D eigenvalue weighted by Gasteiger charge is -2.57. The fourth-order valence-corrected chi connectivity index (χ4v) is 5.84. The van der Waals surface area contributed by atoms with E-state index in [9.17, 15) is 5.11 Å². The molecule has 16 heavy (non-hydrogen) atoms. The van der Waals surface area contributed by atoms with Gasteiger partial charge in [0, 0.05) is 5.41 Å². The number of aliphatic hydroxyl groups excluding tert-OH is 1. The van der Waals surface area contributed by atoms with Crippen LogP contribution >= 0.6 is 0 Å². The third kappa shape index (κ3) is 0.827. The molecule has 4 atom stereocenters. The van der Waals surface area contributed by atoms with Crippen molar-refractivity contribution >= 4 is 0 Å². The molecule has 2 bridgehead atoms. The highest BCUT2D eigenvalue weighted by atomic mass is 16.3. The van der Waals surface area contributed by atoms with Gasteiger partial charge in [-0.2, -0.15) is 0 Å². The Morgan fingerprint density at radius 1 is 1.19 bits per heavy atom. The maximum Gasteiger partial charge on any atom is 0.0817 e. The SMILES string of the molecule is C=C1[C@@H](O)[C@]23CC[C@@H]1[C@]2(C)CCCC3(C)C. The lowest BCUT2D eigenvalue weighted by Crippen LogP contribution is -2.53. The molecule has 0 aromatic carbocycles. The predicted molar refractivity (Wildman–Crippen MR) is 66.0 cm³/mol. The zero-order chi connectivity index (χ0) is 11.8. The van der Waals surface area contributed by atoms with Crippen LogP contribution in [0.5, 0.6) is 0 Å². The minimum atomic E-state index is -0.244. The van der Waals surface area contributed by atoms with E-state index in [4.69, 9.17) is 0 Å². The zero-order valence-electron chi connectivity index (χ0n) is 10.8. The van der Waals surface area contributed by atoms with E-state index < -0.39 is 0 Å². The topological polar surface area (TPSA) is 20.2 Å². The Morgan fingerprint density at radius 3 is 2.50 bits per heavy atom. The van der Waals surface area contributed by atoms with E-state index in [1.54, 1.807) is 0 Å². The molecule has 0 heterocycles. The fraction of sp³-hybridized carbons (Fsp3) is 0.867. The van der Waals surface area contributed by atoms with Gasteiger partial charge in [0.15, 0.2) is 0 Å². The predicted octanol–water partition coefficient (Wildman–Crippen LogP) is 3.53. The summed E-state index contributed by atoms with van der Waals surface area (Å²) in [7, 11) is 0.